The number of likely N-dealkylation sites (N-methyl/N-ethyl adjacent to an activating group) is 1. The fourth-order valence-corrected chi connectivity index (χ4v) is 2.14. The van der Waals surface area contributed by atoms with Crippen LogP contribution in [0.15, 0.2) is 18.2 Å². The van der Waals surface area contributed by atoms with Crippen LogP contribution in [0.25, 0.3) is 0 Å². The molecule has 6 heteroatoms. The fourth-order valence-electron chi connectivity index (χ4n) is 1.97. The number of ether oxygens (including phenoxy) is 1. The van der Waals surface area contributed by atoms with Crippen molar-refractivity contribution in [2.24, 2.45) is 0 Å². The van der Waals surface area contributed by atoms with Gasteiger partial charge in [-0.3, -0.25) is 14.5 Å². The maximum absolute atomic E-state index is 12.5. The van der Waals surface area contributed by atoms with Gasteiger partial charge in [0.2, 0.25) is 5.91 Å². The number of hydrogen-bond acceptors (Lipinski definition) is 3. The predicted molar refractivity (Wildman–Crippen MR) is 77.2 cm³/mol. The van der Waals surface area contributed by atoms with Gasteiger partial charge >= 0.3 is 0 Å². The van der Waals surface area contributed by atoms with E-state index in [1.54, 1.807) is 46.1 Å². The topological polar surface area (TPSA) is 49.9 Å². The van der Waals surface area contributed by atoms with E-state index in [2.05, 4.69) is 0 Å². The Hall–Kier alpha value is -1.75. The molecule has 2 amide bonds. The van der Waals surface area contributed by atoms with E-state index in [0.29, 0.717) is 16.5 Å². The molecule has 0 fully saturated rings. The third-order valence-corrected chi connectivity index (χ3v) is 3.36. The highest BCUT2D eigenvalue weighted by Crippen LogP contribution is 2.39. The van der Waals surface area contributed by atoms with Crippen molar-refractivity contribution in [3.63, 3.8) is 0 Å². The number of halogens is 1. The standard InChI is InChI=1S/C14H17ClN2O3/c1-14(2)13(19)17(8-12(18)16(3)4)10-7-9(15)5-6-11(10)20-14/h5-7H,8H2,1-4H3. The second-order valence-electron chi connectivity index (χ2n) is 5.40. The summed E-state index contributed by atoms with van der Waals surface area (Å²) in [6, 6.07) is 5.03. The van der Waals surface area contributed by atoms with Gasteiger partial charge in [0.1, 0.15) is 12.3 Å². The molecule has 0 aromatic heterocycles. The molecule has 0 atom stereocenters. The van der Waals surface area contributed by atoms with Crippen LogP contribution in [0.5, 0.6) is 5.75 Å². The summed E-state index contributed by atoms with van der Waals surface area (Å²) >= 11 is 5.97. The van der Waals surface area contributed by atoms with E-state index in [1.807, 2.05) is 0 Å². The van der Waals surface area contributed by atoms with Gasteiger partial charge in [0, 0.05) is 19.1 Å². The number of fused-ring (bicyclic) bond motifs is 1. The van der Waals surface area contributed by atoms with Crippen molar-refractivity contribution >= 4 is 29.1 Å². The Morgan fingerprint density at radius 3 is 2.65 bits per heavy atom. The maximum atomic E-state index is 12.5. The first kappa shape index (κ1) is 14.7. The number of carbonyl (C=O) groups excluding carboxylic acids is 2. The minimum atomic E-state index is -1.01. The molecule has 0 spiro atoms. The molecule has 2 rings (SSSR count). The van der Waals surface area contributed by atoms with Gasteiger partial charge < -0.3 is 9.64 Å². The summed E-state index contributed by atoms with van der Waals surface area (Å²) < 4.78 is 5.68. The number of nitrogens with zero attached hydrogens (tertiary/aromatic N) is 2. The van der Waals surface area contributed by atoms with Crippen molar-refractivity contribution in [2.75, 3.05) is 25.5 Å². The van der Waals surface area contributed by atoms with Crippen LogP contribution in [0.3, 0.4) is 0 Å². The highest BCUT2D eigenvalue weighted by molar-refractivity contribution is 6.31. The molecule has 1 heterocycles. The van der Waals surface area contributed by atoms with Crippen LogP contribution in [-0.4, -0.2) is 43.0 Å². The number of hydrogen-bond donors (Lipinski definition) is 0. The molecule has 5 nitrogen and oxygen atoms in total. The largest absolute Gasteiger partial charge is 0.476 e. The van der Waals surface area contributed by atoms with Crippen LogP contribution in [0.4, 0.5) is 5.69 Å². The molecule has 1 aromatic carbocycles. The molecule has 1 aliphatic heterocycles. The maximum Gasteiger partial charge on any atom is 0.271 e. The number of anilines is 1. The Morgan fingerprint density at radius 2 is 2.05 bits per heavy atom. The zero-order chi connectivity index (χ0) is 15.1. The van der Waals surface area contributed by atoms with E-state index in [4.69, 9.17) is 16.3 Å². The molecule has 0 unspecified atom stereocenters. The summed E-state index contributed by atoms with van der Waals surface area (Å²) in [4.78, 5) is 27.3. The first-order chi connectivity index (χ1) is 9.22. The van der Waals surface area contributed by atoms with Crippen LogP contribution < -0.4 is 9.64 Å². The molecule has 0 saturated heterocycles. The Kier molecular flexibility index (Phi) is 3.65. The van der Waals surface area contributed by atoms with Crippen molar-refractivity contribution in [2.45, 2.75) is 19.4 Å². The molecule has 1 aliphatic rings. The average molecular weight is 297 g/mol. The van der Waals surface area contributed by atoms with Crippen LogP contribution in [0, 0.1) is 0 Å². The molecule has 0 aliphatic carbocycles. The highest BCUT2D eigenvalue weighted by atomic mass is 35.5. The summed E-state index contributed by atoms with van der Waals surface area (Å²) in [6.45, 7) is 3.33. The third kappa shape index (κ3) is 2.58. The van der Waals surface area contributed by atoms with Gasteiger partial charge in [-0.25, -0.2) is 0 Å². The van der Waals surface area contributed by atoms with Crippen molar-refractivity contribution in [3.05, 3.63) is 23.2 Å². The van der Waals surface area contributed by atoms with Crippen molar-refractivity contribution in [1.29, 1.82) is 0 Å². The van der Waals surface area contributed by atoms with Gasteiger partial charge in [-0.15, -0.1) is 0 Å². The molecular formula is C14H17ClN2O3. The number of benzene rings is 1. The molecule has 0 bridgehead atoms. The number of carbonyl (C=O) groups is 2. The van der Waals surface area contributed by atoms with E-state index in [-0.39, 0.29) is 18.4 Å². The summed E-state index contributed by atoms with van der Waals surface area (Å²) in [6.07, 6.45) is 0. The molecule has 20 heavy (non-hydrogen) atoms. The monoisotopic (exact) mass is 296 g/mol. The molecule has 108 valence electrons. The Bertz CT molecular complexity index is 570. The molecule has 0 N–H and O–H groups in total. The minimum Gasteiger partial charge on any atom is -0.476 e. The zero-order valence-electron chi connectivity index (χ0n) is 11.9. The smallest absolute Gasteiger partial charge is 0.271 e. The molecule has 0 radical (unpaired) electrons. The normalized spacial score (nSPS) is 16.4. The van der Waals surface area contributed by atoms with Crippen molar-refractivity contribution in [3.8, 4) is 5.75 Å². The van der Waals surface area contributed by atoms with Crippen LogP contribution in [0.1, 0.15) is 13.8 Å². The zero-order valence-corrected chi connectivity index (χ0v) is 12.7. The quantitative estimate of drug-likeness (QED) is 0.838. The van der Waals surface area contributed by atoms with Crippen molar-refractivity contribution < 1.29 is 14.3 Å². The lowest BCUT2D eigenvalue weighted by Crippen LogP contribution is -2.54. The lowest BCUT2D eigenvalue weighted by atomic mass is 10.0. The highest BCUT2D eigenvalue weighted by Gasteiger charge is 2.41. The Labute approximate surface area is 123 Å². The van der Waals surface area contributed by atoms with Crippen LogP contribution in [-0.2, 0) is 9.59 Å². The SMILES string of the molecule is CN(C)C(=O)CN1C(=O)C(C)(C)Oc2ccc(Cl)cc21. The number of rotatable bonds is 2. The lowest BCUT2D eigenvalue weighted by Gasteiger charge is -2.38. The molecule has 0 saturated carbocycles. The van der Waals surface area contributed by atoms with Gasteiger partial charge in [-0.1, -0.05) is 11.6 Å². The lowest BCUT2D eigenvalue weighted by molar-refractivity contribution is -0.135. The van der Waals surface area contributed by atoms with E-state index in [9.17, 15) is 9.59 Å². The van der Waals surface area contributed by atoms with E-state index in [1.165, 1.54) is 9.80 Å². The average Bonchev–Trinajstić information content (AvgIpc) is 2.35. The van der Waals surface area contributed by atoms with Gasteiger partial charge in [-0.2, -0.15) is 0 Å². The van der Waals surface area contributed by atoms with E-state index in [0.717, 1.165) is 0 Å². The second-order valence-corrected chi connectivity index (χ2v) is 5.84. The molecule has 1 aromatic rings. The predicted octanol–water partition coefficient (Wildman–Crippen LogP) is 1.93. The first-order valence-electron chi connectivity index (χ1n) is 6.23. The van der Waals surface area contributed by atoms with E-state index >= 15 is 0 Å². The van der Waals surface area contributed by atoms with Gasteiger partial charge in [0.15, 0.2) is 5.60 Å². The summed E-state index contributed by atoms with van der Waals surface area (Å²) in [5, 5.41) is 0.488. The summed E-state index contributed by atoms with van der Waals surface area (Å²) in [5.74, 6) is 0.120. The van der Waals surface area contributed by atoms with Gasteiger partial charge in [0.25, 0.3) is 5.91 Å². The van der Waals surface area contributed by atoms with Crippen LogP contribution in [0.2, 0.25) is 5.02 Å². The van der Waals surface area contributed by atoms with Gasteiger partial charge in [0.05, 0.1) is 5.69 Å². The first-order valence-corrected chi connectivity index (χ1v) is 6.61. The third-order valence-electron chi connectivity index (χ3n) is 3.13. The second kappa shape index (κ2) is 4.98. The summed E-state index contributed by atoms with van der Waals surface area (Å²) in [5.41, 5.74) is -0.482. The van der Waals surface area contributed by atoms with E-state index < -0.39 is 5.60 Å². The summed E-state index contributed by atoms with van der Waals surface area (Å²) in [7, 11) is 3.30. The fraction of sp³-hybridized carbons (Fsp3) is 0.429. The molecular weight excluding hydrogens is 280 g/mol. The van der Waals surface area contributed by atoms with Gasteiger partial charge in [-0.05, 0) is 32.0 Å². The Balaban J connectivity index is 2.45. The van der Waals surface area contributed by atoms with Crippen molar-refractivity contribution in [1.82, 2.24) is 4.90 Å². The minimum absolute atomic E-state index is 0.0357. The Morgan fingerprint density at radius 1 is 1.40 bits per heavy atom. The van der Waals surface area contributed by atoms with Crippen LogP contribution >= 0.6 is 11.6 Å². The number of amides is 2.